The topological polar surface area (TPSA) is 188 Å². The number of hydrogen-bond acceptors (Lipinski definition) is 12. The SMILES string of the molecule is CC(O)CN(CC(C)O)c1ccc(C=C(C#N)C(=O)OCCCOC(=O)C(C#N)=Cc2ccc(N(CC(C)O)CC(C)O)cc2)cc1. The molecule has 0 aliphatic rings. The molecule has 12 nitrogen and oxygen atoms in total. The molecule has 0 aliphatic heterocycles. The van der Waals surface area contributed by atoms with Crippen molar-refractivity contribution < 1.29 is 39.5 Å². The van der Waals surface area contributed by atoms with Crippen molar-refractivity contribution in [2.75, 3.05) is 49.2 Å². The summed E-state index contributed by atoms with van der Waals surface area (Å²) in [6, 6.07) is 17.5. The van der Waals surface area contributed by atoms with Crippen LogP contribution in [0.4, 0.5) is 11.4 Å². The Labute approximate surface area is 276 Å². The van der Waals surface area contributed by atoms with Crippen LogP contribution in [-0.2, 0) is 19.1 Å². The van der Waals surface area contributed by atoms with Crippen LogP contribution < -0.4 is 9.80 Å². The minimum absolute atomic E-state index is 0.125. The predicted octanol–water partition coefficient (Wildman–Crippen LogP) is 2.81. The molecular weight excluding hydrogens is 604 g/mol. The van der Waals surface area contributed by atoms with E-state index in [1.165, 1.54) is 12.2 Å². The Bertz CT molecular complexity index is 1310. The first-order valence-corrected chi connectivity index (χ1v) is 15.3. The molecule has 252 valence electrons. The van der Waals surface area contributed by atoms with Crippen molar-refractivity contribution in [2.45, 2.75) is 58.5 Å². The lowest BCUT2D eigenvalue weighted by Crippen LogP contribution is -2.36. The molecule has 0 radical (unpaired) electrons. The standard InChI is InChI=1S/C35H44N4O8/c1-24(40)20-38(21-25(2)41)32-10-6-28(7-11-32)16-30(18-36)34(44)46-14-5-15-47-35(45)31(19-37)17-29-8-12-33(13-9-29)39(22-26(3)42)23-27(4)43/h6-13,16-17,24-27,40-43H,5,14-15,20-23H2,1-4H3. The van der Waals surface area contributed by atoms with Gasteiger partial charge in [-0.3, -0.25) is 0 Å². The third-order valence-corrected chi connectivity index (χ3v) is 6.51. The van der Waals surface area contributed by atoms with Gasteiger partial charge in [0.2, 0.25) is 0 Å². The molecule has 0 spiro atoms. The number of rotatable bonds is 18. The number of nitriles is 2. The third kappa shape index (κ3) is 14.1. The lowest BCUT2D eigenvalue weighted by atomic mass is 10.1. The van der Waals surface area contributed by atoms with E-state index in [0.29, 0.717) is 37.3 Å². The van der Waals surface area contributed by atoms with Crippen LogP contribution in [0.15, 0.2) is 59.7 Å². The number of ether oxygens (including phenoxy) is 2. The van der Waals surface area contributed by atoms with Crippen LogP contribution in [-0.4, -0.2) is 96.2 Å². The summed E-state index contributed by atoms with van der Waals surface area (Å²) in [6.45, 7) is 7.66. The molecular formula is C35H44N4O8. The molecule has 47 heavy (non-hydrogen) atoms. The number of aliphatic hydroxyl groups excluding tert-OH is 4. The number of esters is 2. The Morgan fingerprint density at radius 1 is 0.638 bits per heavy atom. The van der Waals surface area contributed by atoms with Crippen molar-refractivity contribution in [1.29, 1.82) is 10.5 Å². The van der Waals surface area contributed by atoms with Gasteiger partial charge in [0.15, 0.2) is 0 Å². The van der Waals surface area contributed by atoms with E-state index in [4.69, 9.17) is 9.47 Å². The lowest BCUT2D eigenvalue weighted by molar-refractivity contribution is -0.140. The predicted molar refractivity (Wildman–Crippen MR) is 178 cm³/mol. The second-order valence-electron chi connectivity index (χ2n) is 11.4. The monoisotopic (exact) mass is 648 g/mol. The Morgan fingerprint density at radius 3 is 1.19 bits per heavy atom. The highest BCUT2D eigenvalue weighted by atomic mass is 16.5. The fourth-order valence-corrected chi connectivity index (χ4v) is 4.56. The summed E-state index contributed by atoms with van der Waals surface area (Å²) in [5.41, 5.74) is 2.23. The molecule has 2 aromatic carbocycles. The number of aliphatic hydroxyl groups is 4. The maximum Gasteiger partial charge on any atom is 0.348 e. The molecule has 2 rings (SSSR count). The van der Waals surface area contributed by atoms with Crippen molar-refractivity contribution in [2.24, 2.45) is 0 Å². The largest absolute Gasteiger partial charge is 0.461 e. The summed E-state index contributed by atoms with van der Waals surface area (Å²) < 4.78 is 10.3. The number of nitrogens with zero attached hydrogens (tertiary/aromatic N) is 4. The Morgan fingerprint density at radius 2 is 0.936 bits per heavy atom. The van der Waals surface area contributed by atoms with Crippen molar-refractivity contribution in [1.82, 2.24) is 0 Å². The van der Waals surface area contributed by atoms with Crippen LogP contribution in [0.25, 0.3) is 12.2 Å². The van der Waals surface area contributed by atoms with Crippen molar-refractivity contribution in [3.05, 3.63) is 70.8 Å². The zero-order chi connectivity index (χ0) is 34.9. The van der Waals surface area contributed by atoms with Gasteiger partial charge in [-0.25, -0.2) is 9.59 Å². The molecule has 4 atom stereocenters. The van der Waals surface area contributed by atoms with E-state index >= 15 is 0 Å². The fourth-order valence-electron chi connectivity index (χ4n) is 4.56. The third-order valence-electron chi connectivity index (χ3n) is 6.51. The van der Waals surface area contributed by atoms with Crippen LogP contribution in [0.5, 0.6) is 0 Å². The van der Waals surface area contributed by atoms with Gasteiger partial charge in [0.05, 0.1) is 37.6 Å². The van der Waals surface area contributed by atoms with E-state index in [1.807, 2.05) is 21.9 Å². The maximum atomic E-state index is 12.5. The van der Waals surface area contributed by atoms with Gasteiger partial charge in [-0.1, -0.05) is 24.3 Å². The highest BCUT2D eigenvalue weighted by Crippen LogP contribution is 2.20. The minimum atomic E-state index is -0.839. The van der Waals surface area contributed by atoms with Gasteiger partial charge in [-0.15, -0.1) is 0 Å². The number of anilines is 2. The van der Waals surface area contributed by atoms with Gasteiger partial charge < -0.3 is 39.7 Å². The summed E-state index contributed by atoms with van der Waals surface area (Å²) in [5.74, 6) is -1.68. The van der Waals surface area contributed by atoms with Crippen LogP contribution in [0.2, 0.25) is 0 Å². The molecule has 12 heteroatoms. The van der Waals surface area contributed by atoms with Gasteiger partial charge in [0, 0.05) is 44.0 Å². The molecule has 4 N–H and O–H groups in total. The average molecular weight is 649 g/mol. The van der Waals surface area contributed by atoms with Gasteiger partial charge in [-0.2, -0.15) is 10.5 Å². The summed E-state index contributed by atoms with van der Waals surface area (Å²) in [4.78, 5) is 28.6. The van der Waals surface area contributed by atoms with Crippen LogP contribution in [0.3, 0.4) is 0 Å². The Kier molecular flexibility index (Phi) is 16.1. The molecule has 0 heterocycles. The van der Waals surface area contributed by atoms with Crippen molar-refractivity contribution in [3.8, 4) is 12.1 Å². The van der Waals surface area contributed by atoms with Crippen molar-refractivity contribution >= 4 is 35.5 Å². The molecule has 0 bridgehead atoms. The Hall–Kier alpha value is -4.72. The first-order valence-electron chi connectivity index (χ1n) is 15.3. The quantitative estimate of drug-likeness (QED) is 0.0802. The summed E-state index contributed by atoms with van der Waals surface area (Å²) in [5, 5.41) is 58.1. The van der Waals surface area contributed by atoms with Crippen LogP contribution in [0.1, 0.15) is 45.2 Å². The number of hydrogen-bond donors (Lipinski definition) is 4. The summed E-state index contributed by atoms with van der Waals surface area (Å²) >= 11 is 0. The van der Waals surface area contributed by atoms with Gasteiger partial charge in [0.1, 0.15) is 23.3 Å². The molecule has 0 saturated carbocycles. The second-order valence-corrected chi connectivity index (χ2v) is 11.4. The minimum Gasteiger partial charge on any atom is -0.461 e. The molecule has 0 aromatic heterocycles. The number of carbonyl (C=O) groups is 2. The van der Waals surface area contributed by atoms with E-state index in [1.54, 1.807) is 76.2 Å². The molecule has 0 aliphatic carbocycles. The van der Waals surface area contributed by atoms with E-state index < -0.39 is 36.4 Å². The highest BCUT2D eigenvalue weighted by molar-refractivity contribution is 5.98. The molecule has 0 amide bonds. The average Bonchev–Trinajstić information content (AvgIpc) is 3.01. The van der Waals surface area contributed by atoms with Gasteiger partial charge in [-0.05, 0) is 75.2 Å². The highest BCUT2D eigenvalue weighted by Gasteiger charge is 2.16. The van der Waals surface area contributed by atoms with E-state index in [2.05, 4.69) is 0 Å². The van der Waals surface area contributed by atoms with Crippen LogP contribution in [0, 0.1) is 22.7 Å². The van der Waals surface area contributed by atoms with E-state index in [9.17, 15) is 40.5 Å². The summed E-state index contributed by atoms with van der Waals surface area (Å²) in [7, 11) is 0. The zero-order valence-electron chi connectivity index (χ0n) is 27.2. The zero-order valence-corrected chi connectivity index (χ0v) is 27.2. The summed E-state index contributed by atoms with van der Waals surface area (Å²) in [6.07, 6.45) is 0.492. The van der Waals surface area contributed by atoms with Crippen LogP contribution >= 0.6 is 0 Å². The maximum absolute atomic E-state index is 12.5. The smallest absolute Gasteiger partial charge is 0.348 e. The molecule has 0 saturated heterocycles. The van der Waals surface area contributed by atoms with Gasteiger partial charge >= 0.3 is 11.9 Å². The first-order chi connectivity index (χ1) is 22.3. The normalized spacial score (nSPS) is 14.2. The lowest BCUT2D eigenvalue weighted by Gasteiger charge is -2.27. The first kappa shape index (κ1) is 38.5. The van der Waals surface area contributed by atoms with E-state index in [-0.39, 0.29) is 30.8 Å². The fraction of sp³-hybridized carbons (Fsp3) is 0.429. The molecule has 0 fully saturated rings. The molecule has 2 aromatic rings. The molecule has 4 unspecified atom stereocenters. The Balaban J connectivity index is 1.91. The van der Waals surface area contributed by atoms with Gasteiger partial charge in [0.25, 0.3) is 0 Å². The van der Waals surface area contributed by atoms with Crippen molar-refractivity contribution in [3.63, 3.8) is 0 Å². The number of benzene rings is 2. The number of carbonyl (C=O) groups excluding carboxylic acids is 2. The van der Waals surface area contributed by atoms with E-state index in [0.717, 1.165) is 11.4 Å². The second kappa shape index (κ2) is 19.7.